The highest BCUT2D eigenvalue weighted by atomic mass is 32.1. The smallest absolute Gasteiger partial charge is 0.387 e. The van der Waals surface area contributed by atoms with Crippen LogP contribution >= 0.6 is 11.3 Å². The first-order valence-corrected chi connectivity index (χ1v) is 7.71. The van der Waals surface area contributed by atoms with E-state index in [1.54, 1.807) is 18.2 Å². The fourth-order valence-corrected chi connectivity index (χ4v) is 2.91. The number of benzene rings is 1. The maximum atomic E-state index is 12.2. The van der Waals surface area contributed by atoms with Crippen molar-refractivity contribution in [2.24, 2.45) is 0 Å². The molecule has 0 aliphatic rings. The van der Waals surface area contributed by atoms with Crippen molar-refractivity contribution < 1.29 is 22.7 Å². The average molecular weight is 350 g/mol. The van der Waals surface area contributed by atoms with E-state index < -0.39 is 6.61 Å². The number of amides is 1. The van der Waals surface area contributed by atoms with Gasteiger partial charge in [0, 0.05) is 10.4 Å². The molecule has 0 atom stereocenters. The maximum Gasteiger partial charge on any atom is 0.387 e. The molecule has 1 N–H and O–H groups in total. The van der Waals surface area contributed by atoms with Gasteiger partial charge in [0.2, 0.25) is 0 Å². The number of aryl methyl sites for hydroxylation is 1. The van der Waals surface area contributed by atoms with Crippen molar-refractivity contribution >= 4 is 22.4 Å². The maximum absolute atomic E-state index is 12.2. The molecule has 124 valence electrons. The molecule has 0 radical (unpaired) electrons. The van der Waals surface area contributed by atoms with Crippen LogP contribution in [0.15, 0.2) is 47.3 Å². The Balaban J connectivity index is 1.77. The molecular weight excluding hydrogens is 338 g/mol. The minimum atomic E-state index is -2.86. The molecule has 1 amide bonds. The summed E-state index contributed by atoms with van der Waals surface area (Å²) in [5.41, 5.74) is 1.82. The molecule has 2 heterocycles. The van der Waals surface area contributed by atoms with Crippen molar-refractivity contribution in [2.45, 2.75) is 13.5 Å². The molecule has 0 unspecified atom stereocenters. The molecule has 2 aromatic heterocycles. The van der Waals surface area contributed by atoms with Crippen molar-refractivity contribution in [3.63, 3.8) is 0 Å². The summed E-state index contributed by atoms with van der Waals surface area (Å²) in [6.45, 7) is -0.994. The number of thiazole rings is 1. The van der Waals surface area contributed by atoms with E-state index in [0.29, 0.717) is 16.4 Å². The number of hydrogen-bond acceptors (Lipinski definition) is 5. The largest absolute Gasteiger partial charge is 0.472 e. The summed E-state index contributed by atoms with van der Waals surface area (Å²) in [6, 6.07) is 7.73. The molecular formula is C16H12F2N2O3S. The van der Waals surface area contributed by atoms with Gasteiger partial charge in [0.1, 0.15) is 12.0 Å². The average Bonchev–Trinajstić information content (AvgIpc) is 3.17. The number of carbonyl (C=O) groups excluding carboxylic acids is 1. The number of furan rings is 1. The van der Waals surface area contributed by atoms with E-state index in [9.17, 15) is 13.6 Å². The number of hydrogen-bond donors (Lipinski definition) is 1. The molecule has 0 aliphatic carbocycles. The number of aromatic nitrogens is 1. The number of nitrogens with one attached hydrogen (secondary N) is 1. The lowest BCUT2D eigenvalue weighted by Gasteiger charge is -2.05. The highest BCUT2D eigenvalue weighted by Crippen LogP contribution is 2.31. The third kappa shape index (κ3) is 3.60. The third-order valence-electron chi connectivity index (χ3n) is 3.15. The number of alkyl halides is 2. The van der Waals surface area contributed by atoms with Gasteiger partial charge >= 0.3 is 6.61 Å². The van der Waals surface area contributed by atoms with Crippen LogP contribution in [0.1, 0.15) is 15.2 Å². The molecule has 3 rings (SSSR count). The van der Waals surface area contributed by atoms with Crippen LogP contribution in [0.2, 0.25) is 0 Å². The number of rotatable bonds is 5. The van der Waals surface area contributed by atoms with Gasteiger partial charge in [0.25, 0.3) is 5.91 Å². The Morgan fingerprint density at radius 1 is 1.29 bits per heavy atom. The molecule has 0 bridgehead atoms. The highest BCUT2D eigenvalue weighted by molar-refractivity contribution is 7.16. The molecule has 3 aromatic rings. The molecule has 5 nitrogen and oxygen atoms in total. The number of ether oxygens (including phenoxy) is 1. The van der Waals surface area contributed by atoms with Crippen LogP contribution in [0, 0.1) is 6.92 Å². The third-order valence-corrected chi connectivity index (χ3v) is 4.04. The first-order valence-electron chi connectivity index (χ1n) is 6.89. The number of anilines is 1. The van der Waals surface area contributed by atoms with Crippen molar-refractivity contribution in [1.82, 2.24) is 4.98 Å². The number of carbonyl (C=O) groups is 1. The Kier molecular flexibility index (Phi) is 4.57. The van der Waals surface area contributed by atoms with Crippen molar-refractivity contribution in [1.29, 1.82) is 0 Å². The molecule has 0 aliphatic heterocycles. The van der Waals surface area contributed by atoms with Gasteiger partial charge < -0.3 is 9.15 Å². The van der Waals surface area contributed by atoms with Gasteiger partial charge in [-0.05, 0) is 37.3 Å². The van der Waals surface area contributed by atoms with Crippen LogP contribution in [-0.4, -0.2) is 17.5 Å². The second-order valence-corrected chi connectivity index (χ2v) is 6.00. The van der Waals surface area contributed by atoms with Crippen LogP contribution in [-0.2, 0) is 0 Å². The van der Waals surface area contributed by atoms with Gasteiger partial charge in [0.15, 0.2) is 5.13 Å². The Bertz CT molecular complexity index is 830. The fraction of sp³-hybridized carbons (Fsp3) is 0.125. The number of halogens is 2. The lowest BCUT2D eigenvalue weighted by Crippen LogP contribution is -2.10. The van der Waals surface area contributed by atoms with Crippen molar-refractivity contribution in [3.05, 3.63) is 53.3 Å². The Morgan fingerprint density at radius 3 is 2.67 bits per heavy atom. The van der Waals surface area contributed by atoms with Crippen molar-refractivity contribution in [2.75, 3.05) is 5.32 Å². The van der Waals surface area contributed by atoms with Crippen molar-refractivity contribution in [3.8, 4) is 17.0 Å². The van der Waals surface area contributed by atoms with E-state index in [-0.39, 0.29) is 11.7 Å². The summed E-state index contributed by atoms with van der Waals surface area (Å²) in [6.07, 6.45) is 2.76. The van der Waals surface area contributed by atoms with Gasteiger partial charge in [0.05, 0.1) is 17.5 Å². The fourth-order valence-electron chi connectivity index (χ4n) is 2.07. The van der Waals surface area contributed by atoms with Gasteiger partial charge in [-0.25, -0.2) is 4.98 Å². The first-order chi connectivity index (χ1) is 11.5. The van der Waals surface area contributed by atoms with Crippen LogP contribution in [0.5, 0.6) is 5.75 Å². The molecule has 24 heavy (non-hydrogen) atoms. The lowest BCUT2D eigenvalue weighted by molar-refractivity contribution is -0.0498. The standard InChI is InChI=1S/C16H12F2N2O3S/c1-9-13(10-2-4-12(5-3-10)23-15(17)18)19-16(24-9)20-14(21)11-6-7-22-8-11/h2-8,15H,1H3,(H,19,20,21). The number of nitrogens with zero attached hydrogens (tertiary/aromatic N) is 1. The summed E-state index contributed by atoms with van der Waals surface area (Å²) in [5, 5.41) is 3.14. The minimum absolute atomic E-state index is 0.0788. The molecule has 0 fully saturated rings. The summed E-state index contributed by atoms with van der Waals surface area (Å²) in [5.74, 6) is -0.236. The first kappa shape index (κ1) is 16.1. The molecule has 1 aromatic carbocycles. The van der Waals surface area contributed by atoms with Crippen LogP contribution < -0.4 is 10.1 Å². The van der Waals surface area contributed by atoms with E-state index in [4.69, 9.17) is 4.42 Å². The molecule has 0 saturated carbocycles. The predicted octanol–water partition coefficient (Wildman–Crippen LogP) is 4.57. The summed E-state index contributed by atoms with van der Waals surface area (Å²) < 4.78 is 33.5. The van der Waals surface area contributed by atoms with Gasteiger partial charge in [-0.1, -0.05) is 0 Å². The van der Waals surface area contributed by atoms with Gasteiger partial charge in [-0.15, -0.1) is 11.3 Å². The lowest BCUT2D eigenvalue weighted by atomic mass is 10.1. The second kappa shape index (κ2) is 6.79. The monoisotopic (exact) mass is 350 g/mol. The summed E-state index contributed by atoms with van der Waals surface area (Å²) in [4.78, 5) is 17.3. The predicted molar refractivity (Wildman–Crippen MR) is 85.6 cm³/mol. The van der Waals surface area contributed by atoms with Crippen LogP contribution in [0.4, 0.5) is 13.9 Å². The van der Waals surface area contributed by atoms with Gasteiger partial charge in [-0.2, -0.15) is 8.78 Å². The Hall–Kier alpha value is -2.74. The topological polar surface area (TPSA) is 64.4 Å². The van der Waals surface area contributed by atoms with Crippen LogP contribution in [0.3, 0.4) is 0 Å². The van der Waals surface area contributed by atoms with E-state index in [1.807, 2.05) is 6.92 Å². The highest BCUT2D eigenvalue weighted by Gasteiger charge is 2.14. The van der Waals surface area contributed by atoms with E-state index >= 15 is 0 Å². The van der Waals surface area contributed by atoms with Gasteiger partial charge in [-0.3, -0.25) is 10.1 Å². The van der Waals surface area contributed by atoms with Crippen LogP contribution in [0.25, 0.3) is 11.3 Å². The summed E-state index contributed by atoms with van der Waals surface area (Å²) >= 11 is 1.32. The summed E-state index contributed by atoms with van der Waals surface area (Å²) in [7, 11) is 0. The Labute approximate surface area is 139 Å². The Morgan fingerprint density at radius 2 is 2.04 bits per heavy atom. The normalized spacial score (nSPS) is 10.8. The van der Waals surface area contributed by atoms with E-state index in [1.165, 1.54) is 36.0 Å². The SMILES string of the molecule is Cc1sc(NC(=O)c2ccoc2)nc1-c1ccc(OC(F)F)cc1. The quantitative estimate of drug-likeness (QED) is 0.732. The zero-order valence-corrected chi connectivity index (χ0v) is 13.3. The molecule has 8 heteroatoms. The second-order valence-electron chi connectivity index (χ2n) is 4.79. The van der Waals surface area contributed by atoms with E-state index in [2.05, 4.69) is 15.0 Å². The molecule has 0 saturated heterocycles. The minimum Gasteiger partial charge on any atom is -0.472 e. The zero-order chi connectivity index (χ0) is 17.1. The van der Waals surface area contributed by atoms with E-state index in [0.717, 1.165) is 10.4 Å². The zero-order valence-electron chi connectivity index (χ0n) is 12.5. The molecule has 0 spiro atoms.